The average molecular weight is 254 g/mol. The summed E-state index contributed by atoms with van der Waals surface area (Å²) < 4.78 is 5.49. The number of carbonyl (C=O) groups excluding carboxylic acids is 1. The second-order valence-corrected chi connectivity index (χ2v) is 5.65. The number of amides is 1. The lowest BCUT2D eigenvalue weighted by molar-refractivity contribution is -0.124. The van der Waals surface area contributed by atoms with Crippen molar-refractivity contribution in [3.05, 3.63) is 0 Å². The molecule has 1 aliphatic heterocycles. The zero-order chi connectivity index (χ0) is 12.8. The van der Waals surface area contributed by atoms with Crippen molar-refractivity contribution >= 4 is 5.91 Å². The molecule has 0 radical (unpaired) electrons. The Kier molecular flexibility index (Phi) is 5.45. The minimum Gasteiger partial charge on any atom is -0.378 e. The number of rotatable bonds is 5. The number of carbonyl (C=O) groups is 1. The van der Waals surface area contributed by atoms with E-state index in [2.05, 4.69) is 5.32 Å². The Morgan fingerprint density at radius 3 is 2.61 bits per heavy atom. The van der Waals surface area contributed by atoms with Crippen LogP contribution in [0.4, 0.5) is 0 Å². The average Bonchev–Trinajstić information content (AvgIpc) is 2.90. The van der Waals surface area contributed by atoms with Crippen LogP contribution in [0.1, 0.15) is 51.4 Å². The summed E-state index contributed by atoms with van der Waals surface area (Å²) in [5.41, 5.74) is 5.81. The first-order chi connectivity index (χ1) is 8.79. The zero-order valence-electron chi connectivity index (χ0n) is 11.2. The van der Waals surface area contributed by atoms with E-state index < -0.39 is 0 Å². The van der Waals surface area contributed by atoms with Gasteiger partial charge in [-0.05, 0) is 31.6 Å². The molecule has 1 aliphatic carbocycles. The molecule has 0 aromatic rings. The number of ether oxygens (including phenoxy) is 1. The van der Waals surface area contributed by atoms with Crippen LogP contribution in [0.25, 0.3) is 0 Å². The van der Waals surface area contributed by atoms with E-state index >= 15 is 0 Å². The Balaban J connectivity index is 1.75. The maximum atomic E-state index is 12.0. The van der Waals surface area contributed by atoms with Crippen LogP contribution in [0.5, 0.6) is 0 Å². The highest BCUT2D eigenvalue weighted by Crippen LogP contribution is 2.26. The SMILES string of the molecule is NCC(NC(=O)CC1CCCO1)C1CCCCC1. The predicted octanol–water partition coefficient (Wildman–Crippen LogP) is 1.58. The molecule has 4 heteroatoms. The Labute approximate surface area is 110 Å². The molecule has 1 saturated carbocycles. The molecule has 0 aromatic heterocycles. The summed E-state index contributed by atoms with van der Waals surface area (Å²) in [6, 6.07) is 0.166. The molecule has 3 N–H and O–H groups in total. The third-order valence-corrected chi connectivity index (χ3v) is 4.26. The van der Waals surface area contributed by atoms with E-state index in [1.54, 1.807) is 0 Å². The molecule has 2 fully saturated rings. The van der Waals surface area contributed by atoms with Gasteiger partial charge in [0.05, 0.1) is 12.5 Å². The van der Waals surface area contributed by atoms with Crippen LogP contribution in [0.3, 0.4) is 0 Å². The predicted molar refractivity (Wildman–Crippen MR) is 71.2 cm³/mol. The van der Waals surface area contributed by atoms with Crippen LogP contribution >= 0.6 is 0 Å². The molecule has 2 aliphatic rings. The van der Waals surface area contributed by atoms with E-state index in [1.165, 1.54) is 32.1 Å². The molecule has 2 atom stereocenters. The van der Waals surface area contributed by atoms with Crippen LogP contribution in [0.2, 0.25) is 0 Å². The van der Waals surface area contributed by atoms with E-state index in [4.69, 9.17) is 10.5 Å². The van der Waals surface area contributed by atoms with Gasteiger partial charge in [0.1, 0.15) is 0 Å². The van der Waals surface area contributed by atoms with Crippen molar-refractivity contribution in [1.82, 2.24) is 5.32 Å². The summed E-state index contributed by atoms with van der Waals surface area (Å²) in [6.07, 6.45) is 9.05. The van der Waals surface area contributed by atoms with Crippen molar-refractivity contribution in [3.63, 3.8) is 0 Å². The summed E-state index contributed by atoms with van der Waals surface area (Å²) in [4.78, 5) is 12.0. The molecule has 2 rings (SSSR count). The van der Waals surface area contributed by atoms with Gasteiger partial charge in [-0.3, -0.25) is 4.79 Å². The highest BCUT2D eigenvalue weighted by atomic mass is 16.5. The number of nitrogens with two attached hydrogens (primary N) is 1. The van der Waals surface area contributed by atoms with Gasteiger partial charge in [-0.25, -0.2) is 0 Å². The molecule has 104 valence electrons. The summed E-state index contributed by atoms with van der Waals surface area (Å²) in [7, 11) is 0. The lowest BCUT2D eigenvalue weighted by atomic mass is 9.84. The van der Waals surface area contributed by atoms with E-state index in [0.717, 1.165) is 19.4 Å². The minimum atomic E-state index is 0.114. The standard InChI is InChI=1S/C14H26N2O2/c15-10-13(11-5-2-1-3-6-11)16-14(17)9-12-7-4-8-18-12/h11-13H,1-10,15H2,(H,16,17). The number of nitrogens with one attached hydrogen (secondary N) is 1. The van der Waals surface area contributed by atoms with Gasteiger partial charge in [-0.1, -0.05) is 19.3 Å². The number of hydrogen-bond acceptors (Lipinski definition) is 3. The maximum Gasteiger partial charge on any atom is 0.222 e. The van der Waals surface area contributed by atoms with Crippen LogP contribution in [0.15, 0.2) is 0 Å². The lowest BCUT2D eigenvalue weighted by Gasteiger charge is -2.30. The van der Waals surface area contributed by atoms with Gasteiger partial charge >= 0.3 is 0 Å². The van der Waals surface area contributed by atoms with Crippen molar-refractivity contribution in [2.24, 2.45) is 11.7 Å². The lowest BCUT2D eigenvalue weighted by Crippen LogP contribution is -2.46. The smallest absolute Gasteiger partial charge is 0.222 e. The summed E-state index contributed by atoms with van der Waals surface area (Å²) >= 11 is 0. The molecule has 1 heterocycles. The van der Waals surface area contributed by atoms with E-state index in [0.29, 0.717) is 18.9 Å². The second kappa shape index (κ2) is 7.10. The van der Waals surface area contributed by atoms with Crippen LogP contribution in [0, 0.1) is 5.92 Å². The third kappa shape index (κ3) is 3.95. The van der Waals surface area contributed by atoms with Gasteiger partial charge in [0, 0.05) is 19.2 Å². The quantitative estimate of drug-likeness (QED) is 0.783. The van der Waals surface area contributed by atoms with Crippen LogP contribution < -0.4 is 11.1 Å². The Bertz CT molecular complexity index is 259. The zero-order valence-corrected chi connectivity index (χ0v) is 11.2. The highest BCUT2D eigenvalue weighted by Gasteiger charge is 2.25. The van der Waals surface area contributed by atoms with E-state index in [9.17, 15) is 4.79 Å². The number of hydrogen-bond donors (Lipinski definition) is 2. The topological polar surface area (TPSA) is 64.3 Å². The fourth-order valence-corrected chi connectivity index (χ4v) is 3.18. The molecular weight excluding hydrogens is 228 g/mol. The molecule has 0 bridgehead atoms. The Morgan fingerprint density at radius 2 is 2.00 bits per heavy atom. The maximum absolute atomic E-state index is 12.0. The molecule has 4 nitrogen and oxygen atoms in total. The first-order valence-corrected chi connectivity index (χ1v) is 7.40. The van der Waals surface area contributed by atoms with Gasteiger partial charge in [0.25, 0.3) is 0 Å². The summed E-state index contributed by atoms with van der Waals surface area (Å²) in [6.45, 7) is 1.36. The van der Waals surface area contributed by atoms with Crippen molar-refractivity contribution in [2.45, 2.75) is 63.5 Å². The Morgan fingerprint density at radius 1 is 1.22 bits per heavy atom. The first kappa shape index (κ1) is 13.8. The van der Waals surface area contributed by atoms with Gasteiger partial charge in [0.2, 0.25) is 5.91 Å². The van der Waals surface area contributed by atoms with Gasteiger partial charge in [-0.15, -0.1) is 0 Å². The van der Waals surface area contributed by atoms with Crippen molar-refractivity contribution in [3.8, 4) is 0 Å². The minimum absolute atomic E-state index is 0.114. The summed E-state index contributed by atoms with van der Waals surface area (Å²) in [5, 5.41) is 3.12. The largest absolute Gasteiger partial charge is 0.378 e. The van der Waals surface area contributed by atoms with Crippen LogP contribution in [-0.4, -0.2) is 31.2 Å². The van der Waals surface area contributed by atoms with E-state index in [-0.39, 0.29) is 18.1 Å². The monoisotopic (exact) mass is 254 g/mol. The summed E-state index contributed by atoms with van der Waals surface area (Å²) in [5.74, 6) is 0.695. The second-order valence-electron chi connectivity index (χ2n) is 5.65. The van der Waals surface area contributed by atoms with E-state index in [1.807, 2.05) is 0 Å². The molecule has 1 amide bonds. The fourth-order valence-electron chi connectivity index (χ4n) is 3.18. The molecule has 2 unspecified atom stereocenters. The molecular formula is C14H26N2O2. The first-order valence-electron chi connectivity index (χ1n) is 7.40. The van der Waals surface area contributed by atoms with Crippen molar-refractivity contribution < 1.29 is 9.53 Å². The molecule has 1 saturated heterocycles. The van der Waals surface area contributed by atoms with Gasteiger partial charge in [-0.2, -0.15) is 0 Å². The van der Waals surface area contributed by atoms with Crippen molar-refractivity contribution in [2.75, 3.05) is 13.2 Å². The molecule has 0 aromatic carbocycles. The van der Waals surface area contributed by atoms with Crippen molar-refractivity contribution in [1.29, 1.82) is 0 Å². The highest BCUT2D eigenvalue weighted by molar-refractivity contribution is 5.76. The van der Waals surface area contributed by atoms with Gasteiger partial charge in [0.15, 0.2) is 0 Å². The van der Waals surface area contributed by atoms with Gasteiger partial charge < -0.3 is 15.8 Å². The molecule has 0 spiro atoms. The normalized spacial score (nSPS) is 27.1. The van der Waals surface area contributed by atoms with Crippen LogP contribution in [-0.2, 0) is 9.53 Å². The fraction of sp³-hybridized carbons (Fsp3) is 0.929. The molecule has 18 heavy (non-hydrogen) atoms. The third-order valence-electron chi connectivity index (χ3n) is 4.26. The Hall–Kier alpha value is -0.610.